The number of nitro groups is 1. The molecule has 3 aromatic rings. The molecule has 2 heterocycles. The van der Waals surface area contributed by atoms with E-state index in [1.807, 2.05) is 18.2 Å². The first-order chi connectivity index (χ1) is 9.65. The number of fused-ring (bicyclic) bond motifs is 1. The molecule has 0 amide bonds. The second-order valence-corrected chi connectivity index (χ2v) is 7.41. The van der Waals surface area contributed by atoms with Crippen LogP contribution in [0.4, 0.5) is 11.4 Å². The maximum atomic E-state index is 11.3. The molecule has 20 heavy (non-hydrogen) atoms. The van der Waals surface area contributed by atoms with E-state index < -0.39 is 0 Å². The Kier molecular flexibility index (Phi) is 3.68. The lowest BCUT2D eigenvalue weighted by Gasteiger charge is -2.06. The molecule has 0 radical (unpaired) electrons. The lowest BCUT2D eigenvalue weighted by molar-refractivity contribution is -0.382. The minimum atomic E-state index is -0.380. The molecule has 2 aromatic heterocycles. The van der Waals surface area contributed by atoms with E-state index in [1.54, 1.807) is 22.9 Å². The average Bonchev–Trinajstić information content (AvgIpc) is 3.03. The highest BCUT2D eigenvalue weighted by Crippen LogP contribution is 2.35. The molecule has 0 unspecified atom stereocenters. The first-order valence-corrected chi connectivity index (χ1v) is 8.13. The molecule has 0 saturated heterocycles. The van der Waals surface area contributed by atoms with E-state index in [1.165, 1.54) is 11.3 Å². The third-order valence-corrected chi connectivity index (χ3v) is 5.16. The molecule has 1 N–H and O–H groups in total. The smallest absolute Gasteiger partial charge is 0.319 e. The summed E-state index contributed by atoms with van der Waals surface area (Å²) in [4.78, 5) is 16.1. The number of nitrogens with one attached hydrogen (secondary N) is 1. The van der Waals surface area contributed by atoms with Gasteiger partial charge in [0.1, 0.15) is 5.69 Å². The number of hydrogen-bond acceptors (Lipinski definition) is 6. The number of anilines is 1. The minimum Gasteiger partial charge on any atom is -0.375 e. The Morgan fingerprint density at radius 2 is 2.20 bits per heavy atom. The number of nitrogens with zero attached hydrogens (tertiary/aromatic N) is 2. The summed E-state index contributed by atoms with van der Waals surface area (Å²) in [7, 11) is 0. The van der Waals surface area contributed by atoms with Crippen LogP contribution < -0.4 is 5.32 Å². The van der Waals surface area contributed by atoms with Crippen molar-refractivity contribution in [1.82, 2.24) is 4.98 Å². The van der Waals surface area contributed by atoms with E-state index in [4.69, 9.17) is 0 Å². The standard InChI is InChI=1S/C12H8BrN3O2S2/c13-10-4-1-7(20-10)5-14-8-2-3-9-11(15-6-19-9)12(8)16(17)18/h1-4,6,14H,5H2. The van der Waals surface area contributed by atoms with E-state index >= 15 is 0 Å². The number of aromatic nitrogens is 1. The Labute approximate surface area is 130 Å². The van der Waals surface area contributed by atoms with E-state index in [0.717, 1.165) is 13.4 Å². The van der Waals surface area contributed by atoms with Crippen molar-refractivity contribution in [3.05, 3.63) is 48.6 Å². The Hall–Kier alpha value is -1.51. The van der Waals surface area contributed by atoms with Gasteiger partial charge in [-0.2, -0.15) is 0 Å². The highest BCUT2D eigenvalue weighted by molar-refractivity contribution is 9.11. The van der Waals surface area contributed by atoms with Crippen LogP contribution in [0.5, 0.6) is 0 Å². The van der Waals surface area contributed by atoms with Gasteiger partial charge in [-0.25, -0.2) is 4.98 Å². The summed E-state index contributed by atoms with van der Waals surface area (Å²) < 4.78 is 1.86. The van der Waals surface area contributed by atoms with Crippen molar-refractivity contribution in [3.63, 3.8) is 0 Å². The summed E-state index contributed by atoms with van der Waals surface area (Å²) in [6.07, 6.45) is 0. The van der Waals surface area contributed by atoms with E-state index in [2.05, 4.69) is 26.2 Å². The van der Waals surface area contributed by atoms with Crippen molar-refractivity contribution in [2.75, 3.05) is 5.32 Å². The van der Waals surface area contributed by atoms with Crippen LogP contribution in [0.2, 0.25) is 0 Å². The van der Waals surface area contributed by atoms with Gasteiger partial charge in [0, 0.05) is 11.4 Å². The molecule has 0 aliphatic carbocycles. The molecule has 0 saturated carbocycles. The SMILES string of the molecule is O=[N+]([O-])c1c(NCc2ccc(Br)s2)ccc2scnc12. The van der Waals surface area contributed by atoms with Gasteiger partial charge >= 0.3 is 5.69 Å². The highest BCUT2D eigenvalue weighted by atomic mass is 79.9. The van der Waals surface area contributed by atoms with Crippen LogP contribution in [0.1, 0.15) is 4.88 Å². The average molecular weight is 370 g/mol. The van der Waals surface area contributed by atoms with Gasteiger partial charge in [-0.05, 0) is 40.2 Å². The van der Waals surface area contributed by atoms with Crippen molar-refractivity contribution in [2.24, 2.45) is 0 Å². The van der Waals surface area contributed by atoms with Crippen molar-refractivity contribution in [1.29, 1.82) is 0 Å². The first kappa shape index (κ1) is 13.5. The fourth-order valence-electron chi connectivity index (χ4n) is 1.87. The van der Waals surface area contributed by atoms with Gasteiger partial charge in [0.2, 0.25) is 0 Å². The molecule has 3 rings (SSSR count). The van der Waals surface area contributed by atoms with Gasteiger partial charge in [0.25, 0.3) is 0 Å². The van der Waals surface area contributed by atoms with Crippen LogP contribution in [0.3, 0.4) is 0 Å². The van der Waals surface area contributed by atoms with Crippen molar-refractivity contribution < 1.29 is 4.92 Å². The number of thiophene rings is 1. The number of nitro benzene ring substituents is 1. The fraction of sp³-hybridized carbons (Fsp3) is 0.0833. The van der Waals surface area contributed by atoms with Gasteiger partial charge in [-0.1, -0.05) is 0 Å². The van der Waals surface area contributed by atoms with Gasteiger partial charge in [0.15, 0.2) is 5.52 Å². The molecule has 0 aliphatic rings. The summed E-state index contributed by atoms with van der Waals surface area (Å²) in [5, 5.41) is 14.4. The monoisotopic (exact) mass is 369 g/mol. The zero-order valence-electron chi connectivity index (χ0n) is 10.00. The van der Waals surface area contributed by atoms with Crippen molar-refractivity contribution >= 4 is 60.2 Å². The number of halogens is 1. The number of thiazole rings is 1. The zero-order chi connectivity index (χ0) is 14.1. The summed E-state index contributed by atoms with van der Waals surface area (Å²) in [5.74, 6) is 0. The molecular formula is C12H8BrN3O2S2. The zero-order valence-corrected chi connectivity index (χ0v) is 13.2. The molecule has 8 heteroatoms. The molecule has 0 fully saturated rings. The van der Waals surface area contributed by atoms with Crippen LogP contribution in [-0.2, 0) is 6.54 Å². The third kappa shape index (κ3) is 2.54. The predicted octanol–water partition coefficient (Wildman–Crippen LogP) is 4.64. The molecule has 0 bridgehead atoms. The predicted molar refractivity (Wildman–Crippen MR) is 85.6 cm³/mol. The third-order valence-electron chi connectivity index (χ3n) is 2.74. The van der Waals surface area contributed by atoms with Gasteiger partial charge in [-0.15, -0.1) is 22.7 Å². The second kappa shape index (κ2) is 5.47. The van der Waals surface area contributed by atoms with E-state index in [-0.39, 0.29) is 10.6 Å². The molecule has 102 valence electrons. The quantitative estimate of drug-likeness (QED) is 0.537. The number of rotatable bonds is 4. The Balaban J connectivity index is 1.94. The molecule has 0 atom stereocenters. The Morgan fingerprint density at radius 1 is 1.35 bits per heavy atom. The van der Waals surface area contributed by atoms with Crippen LogP contribution in [0.15, 0.2) is 33.6 Å². The summed E-state index contributed by atoms with van der Waals surface area (Å²) in [5.41, 5.74) is 2.60. The van der Waals surface area contributed by atoms with Gasteiger partial charge in [-0.3, -0.25) is 10.1 Å². The van der Waals surface area contributed by atoms with Crippen molar-refractivity contribution in [3.8, 4) is 0 Å². The van der Waals surface area contributed by atoms with Gasteiger partial charge < -0.3 is 5.32 Å². The number of benzene rings is 1. The molecule has 0 spiro atoms. The van der Waals surface area contributed by atoms with E-state index in [0.29, 0.717) is 17.7 Å². The normalized spacial score (nSPS) is 10.8. The Morgan fingerprint density at radius 3 is 2.90 bits per heavy atom. The van der Waals surface area contributed by atoms with Gasteiger partial charge in [0.05, 0.1) is 18.9 Å². The van der Waals surface area contributed by atoms with Crippen LogP contribution in [0.25, 0.3) is 10.2 Å². The first-order valence-electron chi connectivity index (χ1n) is 5.64. The molecular weight excluding hydrogens is 362 g/mol. The molecule has 5 nitrogen and oxygen atoms in total. The highest BCUT2D eigenvalue weighted by Gasteiger charge is 2.20. The second-order valence-electron chi connectivity index (χ2n) is 3.98. The minimum absolute atomic E-state index is 0.0411. The van der Waals surface area contributed by atoms with Crippen LogP contribution in [0, 0.1) is 10.1 Å². The lowest BCUT2D eigenvalue weighted by Crippen LogP contribution is -2.01. The topological polar surface area (TPSA) is 68.1 Å². The molecule has 1 aromatic carbocycles. The maximum Gasteiger partial charge on any atom is 0.319 e. The van der Waals surface area contributed by atoms with Crippen LogP contribution >= 0.6 is 38.6 Å². The lowest BCUT2D eigenvalue weighted by atomic mass is 10.2. The maximum absolute atomic E-state index is 11.3. The fourth-order valence-corrected chi connectivity index (χ4v) is 3.98. The van der Waals surface area contributed by atoms with E-state index in [9.17, 15) is 10.1 Å². The summed E-state index contributed by atoms with van der Waals surface area (Å²) in [6.45, 7) is 0.548. The van der Waals surface area contributed by atoms with Crippen LogP contribution in [-0.4, -0.2) is 9.91 Å². The van der Waals surface area contributed by atoms with Crippen molar-refractivity contribution in [2.45, 2.75) is 6.54 Å². The summed E-state index contributed by atoms with van der Waals surface area (Å²) >= 11 is 6.39. The number of hydrogen-bond donors (Lipinski definition) is 1. The Bertz CT molecular complexity index is 784. The largest absolute Gasteiger partial charge is 0.375 e. The molecule has 0 aliphatic heterocycles. The summed E-state index contributed by atoms with van der Waals surface area (Å²) in [6, 6.07) is 7.53.